The molecule has 6 heteroatoms. The molecule has 5 nitrogen and oxygen atoms in total. The van der Waals surface area contributed by atoms with Crippen molar-refractivity contribution in [3.8, 4) is 11.6 Å². The van der Waals surface area contributed by atoms with Crippen molar-refractivity contribution >= 4 is 21.9 Å². The Morgan fingerprint density at radius 3 is 2.57 bits per heavy atom. The van der Waals surface area contributed by atoms with E-state index in [-0.39, 0.29) is 5.41 Å². The Labute approximate surface area is 133 Å². The quantitative estimate of drug-likeness (QED) is 0.648. The molecule has 0 radical (unpaired) electrons. The number of nitrogens with one attached hydrogen (secondary N) is 1. The number of hydrazine groups is 1. The Morgan fingerprint density at radius 1 is 1.29 bits per heavy atom. The van der Waals surface area contributed by atoms with Crippen LogP contribution >= 0.6 is 15.9 Å². The molecule has 1 heterocycles. The molecule has 0 aliphatic heterocycles. The number of hydrogen-bond donors (Lipinski definition) is 2. The number of anilines is 1. The molecule has 0 bridgehead atoms. The summed E-state index contributed by atoms with van der Waals surface area (Å²) in [5.41, 5.74) is 4.82. The topological polar surface area (TPSA) is 73.1 Å². The fourth-order valence-electron chi connectivity index (χ4n) is 1.83. The molecule has 1 aromatic carbocycles. The van der Waals surface area contributed by atoms with Gasteiger partial charge in [-0.3, -0.25) is 5.43 Å². The van der Waals surface area contributed by atoms with Crippen molar-refractivity contribution in [1.29, 1.82) is 0 Å². The van der Waals surface area contributed by atoms with Gasteiger partial charge in [-0.1, -0.05) is 32.9 Å². The molecule has 0 aliphatic carbocycles. The smallest absolute Gasteiger partial charge is 0.240 e. The Balaban J connectivity index is 2.32. The van der Waals surface area contributed by atoms with Crippen LogP contribution in [0.25, 0.3) is 0 Å². The van der Waals surface area contributed by atoms with Crippen LogP contribution in [0.4, 0.5) is 5.95 Å². The predicted octanol–water partition coefficient (Wildman–Crippen LogP) is 3.92. The van der Waals surface area contributed by atoms with Gasteiger partial charge in [0.1, 0.15) is 5.75 Å². The summed E-state index contributed by atoms with van der Waals surface area (Å²) >= 11 is 3.37. The Morgan fingerprint density at radius 2 is 2.00 bits per heavy atom. The van der Waals surface area contributed by atoms with E-state index < -0.39 is 0 Å². The number of hydrogen-bond acceptors (Lipinski definition) is 5. The molecule has 0 unspecified atom stereocenters. The summed E-state index contributed by atoms with van der Waals surface area (Å²) in [6.07, 6.45) is 1.59. The van der Waals surface area contributed by atoms with Crippen LogP contribution in [-0.2, 0) is 5.41 Å². The third-order valence-electron chi connectivity index (χ3n) is 3.09. The zero-order chi connectivity index (χ0) is 15.6. The Hall–Kier alpha value is -1.66. The highest BCUT2D eigenvalue weighted by atomic mass is 79.9. The van der Waals surface area contributed by atoms with Gasteiger partial charge in [-0.15, -0.1) is 0 Å². The zero-order valence-corrected chi connectivity index (χ0v) is 14.2. The standard InChI is InChI=1S/C15H19BrN4O/c1-9-7-10(15(2,3)4)5-6-12(9)21-13-11(16)8-18-14(19-13)20-17/h5-8H,17H2,1-4H3,(H,18,19,20). The number of benzene rings is 1. The van der Waals surface area contributed by atoms with Gasteiger partial charge in [-0.25, -0.2) is 10.8 Å². The van der Waals surface area contributed by atoms with Gasteiger partial charge < -0.3 is 4.74 Å². The van der Waals surface area contributed by atoms with Crippen LogP contribution in [0.2, 0.25) is 0 Å². The summed E-state index contributed by atoms with van der Waals surface area (Å²) in [6, 6.07) is 6.16. The first-order chi connectivity index (χ1) is 9.81. The van der Waals surface area contributed by atoms with Crippen molar-refractivity contribution in [3.05, 3.63) is 40.0 Å². The normalized spacial score (nSPS) is 11.3. The van der Waals surface area contributed by atoms with Crippen LogP contribution < -0.4 is 16.0 Å². The number of aryl methyl sites for hydroxylation is 1. The minimum absolute atomic E-state index is 0.107. The van der Waals surface area contributed by atoms with Crippen molar-refractivity contribution < 1.29 is 4.74 Å². The second-order valence-electron chi connectivity index (χ2n) is 5.82. The summed E-state index contributed by atoms with van der Waals surface area (Å²) in [5, 5.41) is 0. The van der Waals surface area contributed by atoms with Crippen molar-refractivity contribution in [2.45, 2.75) is 33.1 Å². The fraction of sp³-hybridized carbons (Fsp3) is 0.333. The lowest BCUT2D eigenvalue weighted by Crippen LogP contribution is -2.11. The van der Waals surface area contributed by atoms with Gasteiger partial charge >= 0.3 is 0 Å². The van der Waals surface area contributed by atoms with E-state index in [1.165, 1.54) is 5.56 Å². The third kappa shape index (κ3) is 3.71. The van der Waals surface area contributed by atoms with E-state index in [1.54, 1.807) is 6.20 Å². The molecule has 112 valence electrons. The lowest BCUT2D eigenvalue weighted by atomic mass is 9.86. The van der Waals surface area contributed by atoms with Crippen LogP contribution in [0.5, 0.6) is 11.6 Å². The fourth-order valence-corrected chi connectivity index (χ4v) is 2.10. The summed E-state index contributed by atoms with van der Waals surface area (Å²) in [5.74, 6) is 6.79. The molecule has 21 heavy (non-hydrogen) atoms. The summed E-state index contributed by atoms with van der Waals surface area (Å²) in [6.45, 7) is 8.56. The first kappa shape index (κ1) is 15.7. The summed E-state index contributed by atoms with van der Waals surface area (Å²) in [4.78, 5) is 8.18. The minimum atomic E-state index is 0.107. The van der Waals surface area contributed by atoms with Crippen LogP contribution in [-0.4, -0.2) is 9.97 Å². The van der Waals surface area contributed by atoms with E-state index >= 15 is 0 Å². The van der Waals surface area contributed by atoms with Gasteiger partial charge in [0.15, 0.2) is 0 Å². The van der Waals surface area contributed by atoms with Gasteiger partial charge in [0.2, 0.25) is 11.8 Å². The molecule has 0 amide bonds. The van der Waals surface area contributed by atoms with E-state index in [0.717, 1.165) is 11.3 Å². The lowest BCUT2D eigenvalue weighted by molar-refractivity contribution is 0.454. The van der Waals surface area contributed by atoms with Gasteiger partial charge in [0, 0.05) is 0 Å². The molecular weight excluding hydrogens is 332 g/mol. The molecule has 0 atom stereocenters. The second kappa shape index (κ2) is 5.99. The van der Waals surface area contributed by atoms with Crippen molar-refractivity contribution in [2.75, 3.05) is 5.43 Å². The molecule has 0 spiro atoms. The molecule has 1 aromatic heterocycles. The van der Waals surface area contributed by atoms with Crippen molar-refractivity contribution in [1.82, 2.24) is 9.97 Å². The Bertz CT molecular complexity index is 653. The molecule has 0 saturated carbocycles. The third-order valence-corrected chi connectivity index (χ3v) is 3.63. The predicted molar refractivity (Wildman–Crippen MR) is 87.5 cm³/mol. The SMILES string of the molecule is Cc1cc(C(C)(C)C)ccc1Oc1nc(NN)ncc1Br. The number of aromatic nitrogens is 2. The van der Waals surface area contributed by atoms with Gasteiger partial charge in [0.25, 0.3) is 0 Å². The van der Waals surface area contributed by atoms with E-state index in [4.69, 9.17) is 10.6 Å². The molecule has 3 N–H and O–H groups in total. The second-order valence-corrected chi connectivity index (χ2v) is 6.68. The maximum Gasteiger partial charge on any atom is 0.240 e. The maximum atomic E-state index is 5.86. The van der Waals surface area contributed by atoms with E-state index in [9.17, 15) is 0 Å². The number of nitrogens with two attached hydrogens (primary N) is 1. The number of rotatable bonds is 3. The molecule has 0 saturated heterocycles. The first-order valence-corrected chi connectivity index (χ1v) is 7.38. The molecule has 0 aliphatic rings. The zero-order valence-electron chi connectivity index (χ0n) is 12.6. The van der Waals surface area contributed by atoms with Crippen LogP contribution in [0.3, 0.4) is 0 Å². The molecule has 0 fully saturated rings. The minimum Gasteiger partial charge on any atom is -0.437 e. The van der Waals surface area contributed by atoms with E-state index in [2.05, 4.69) is 64.2 Å². The van der Waals surface area contributed by atoms with Crippen LogP contribution in [0.1, 0.15) is 31.9 Å². The van der Waals surface area contributed by atoms with E-state index in [0.29, 0.717) is 16.3 Å². The average molecular weight is 351 g/mol. The highest BCUT2D eigenvalue weighted by molar-refractivity contribution is 9.10. The first-order valence-electron chi connectivity index (χ1n) is 6.59. The molecule has 2 aromatic rings. The highest BCUT2D eigenvalue weighted by Gasteiger charge is 2.16. The number of nitrogen functional groups attached to an aromatic ring is 1. The highest BCUT2D eigenvalue weighted by Crippen LogP contribution is 2.32. The van der Waals surface area contributed by atoms with Crippen LogP contribution in [0, 0.1) is 6.92 Å². The van der Waals surface area contributed by atoms with Gasteiger partial charge in [-0.05, 0) is 45.5 Å². The summed E-state index contributed by atoms with van der Waals surface area (Å²) in [7, 11) is 0. The van der Waals surface area contributed by atoms with Crippen LogP contribution in [0.15, 0.2) is 28.9 Å². The maximum absolute atomic E-state index is 5.86. The van der Waals surface area contributed by atoms with Gasteiger partial charge in [0.05, 0.1) is 10.7 Å². The average Bonchev–Trinajstić information content (AvgIpc) is 2.42. The lowest BCUT2D eigenvalue weighted by Gasteiger charge is -2.20. The number of ether oxygens (including phenoxy) is 1. The molecule has 2 rings (SSSR count). The Kier molecular flexibility index (Phi) is 4.49. The van der Waals surface area contributed by atoms with Crippen molar-refractivity contribution in [2.24, 2.45) is 5.84 Å². The van der Waals surface area contributed by atoms with Gasteiger partial charge in [-0.2, -0.15) is 4.98 Å². The largest absolute Gasteiger partial charge is 0.437 e. The summed E-state index contributed by atoms with van der Waals surface area (Å²) < 4.78 is 6.52. The molecular formula is C15H19BrN4O. The number of nitrogens with zero attached hydrogens (tertiary/aromatic N) is 2. The monoisotopic (exact) mass is 350 g/mol. The number of halogens is 1. The van der Waals surface area contributed by atoms with Crippen molar-refractivity contribution in [3.63, 3.8) is 0 Å². The van der Waals surface area contributed by atoms with E-state index in [1.807, 2.05) is 13.0 Å².